The Morgan fingerprint density at radius 1 is 1.30 bits per heavy atom. The smallest absolute Gasteiger partial charge is 0.315 e. The average Bonchev–Trinajstić information content (AvgIpc) is 2.35. The summed E-state index contributed by atoms with van der Waals surface area (Å²) in [4.78, 5) is 11.5. The number of urea groups is 1. The molecule has 1 rings (SSSR count). The second kappa shape index (κ2) is 6.65. The molecule has 0 aliphatic rings. The zero-order valence-electron chi connectivity index (χ0n) is 11.8. The number of hydrogen-bond acceptors (Lipinski definition) is 2. The van der Waals surface area contributed by atoms with Crippen molar-refractivity contribution in [3.05, 3.63) is 35.4 Å². The van der Waals surface area contributed by atoms with E-state index < -0.39 is 23.8 Å². The van der Waals surface area contributed by atoms with Gasteiger partial charge in [0.2, 0.25) is 0 Å². The Balaban J connectivity index is 2.42. The molecule has 0 saturated carbocycles. The van der Waals surface area contributed by atoms with Gasteiger partial charge in [0.25, 0.3) is 0 Å². The van der Waals surface area contributed by atoms with Crippen molar-refractivity contribution in [2.75, 3.05) is 6.54 Å². The first-order valence-corrected chi connectivity index (χ1v) is 6.34. The molecule has 6 heteroatoms. The van der Waals surface area contributed by atoms with Crippen LogP contribution in [0, 0.1) is 17.0 Å². The number of carbonyl (C=O) groups excluding carboxylic acids is 1. The zero-order valence-corrected chi connectivity index (χ0v) is 11.8. The monoisotopic (exact) mass is 286 g/mol. The first kappa shape index (κ1) is 16.4. The molecule has 0 bridgehead atoms. The van der Waals surface area contributed by atoms with Gasteiger partial charge in [0.15, 0.2) is 0 Å². The van der Waals surface area contributed by atoms with Gasteiger partial charge in [-0.2, -0.15) is 0 Å². The number of amides is 2. The highest BCUT2D eigenvalue weighted by molar-refractivity contribution is 5.73. The first-order chi connectivity index (χ1) is 9.20. The predicted octanol–water partition coefficient (Wildman–Crippen LogP) is 2.17. The number of nitrogens with one attached hydrogen (secondary N) is 2. The minimum atomic E-state index is -0.695. The number of carbonyl (C=O) groups is 1. The molecule has 0 spiro atoms. The van der Waals surface area contributed by atoms with E-state index in [0.29, 0.717) is 0 Å². The molecule has 0 aromatic heterocycles. The van der Waals surface area contributed by atoms with E-state index >= 15 is 0 Å². The molecule has 0 fully saturated rings. The molecule has 0 aliphatic heterocycles. The summed E-state index contributed by atoms with van der Waals surface area (Å²) >= 11 is 0. The van der Waals surface area contributed by atoms with Crippen molar-refractivity contribution in [3.63, 3.8) is 0 Å². The Hall–Kier alpha value is -1.69. The van der Waals surface area contributed by atoms with Crippen LogP contribution in [0.15, 0.2) is 18.2 Å². The SMILES string of the molecule is CC(C)(C)C(O)CNC(=O)NCc1cc(F)ccc1F. The first-order valence-electron chi connectivity index (χ1n) is 6.34. The van der Waals surface area contributed by atoms with Crippen molar-refractivity contribution in [1.82, 2.24) is 10.6 Å². The quantitative estimate of drug-likeness (QED) is 0.794. The predicted molar refractivity (Wildman–Crippen MR) is 72.1 cm³/mol. The van der Waals surface area contributed by atoms with Crippen LogP contribution in [0.1, 0.15) is 26.3 Å². The molecule has 1 aromatic carbocycles. The third kappa shape index (κ3) is 5.13. The van der Waals surface area contributed by atoms with Crippen LogP contribution in [0.2, 0.25) is 0 Å². The molecule has 1 atom stereocenters. The standard InChI is InChI=1S/C14H20F2N2O2/c1-14(2,3)12(19)8-18-13(20)17-7-9-6-10(15)4-5-11(9)16/h4-6,12,19H,7-8H2,1-3H3,(H2,17,18,20). The third-order valence-electron chi connectivity index (χ3n) is 2.90. The number of aliphatic hydroxyl groups excluding tert-OH is 1. The lowest BCUT2D eigenvalue weighted by atomic mass is 9.89. The molecule has 2 amide bonds. The zero-order chi connectivity index (χ0) is 15.3. The molecule has 1 unspecified atom stereocenters. The van der Waals surface area contributed by atoms with E-state index in [4.69, 9.17) is 0 Å². The largest absolute Gasteiger partial charge is 0.391 e. The number of benzene rings is 1. The summed E-state index contributed by atoms with van der Waals surface area (Å²) in [5.74, 6) is -1.15. The summed E-state index contributed by atoms with van der Waals surface area (Å²) < 4.78 is 26.2. The Morgan fingerprint density at radius 2 is 1.95 bits per heavy atom. The van der Waals surface area contributed by atoms with Gasteiger partial charge >= 0.3 is 6.03 Å². The van der Waals surface area contributed by atoms with Crippen molar-refractivity contribution in [2.45, 2.75) is 33.4 Å². The van der Waals surface area contributed by atoms with Crippen molar-refractivity contribution in [3.8, 4) is 0 Å². The van der Waals surface area contributed by atoms with Gasteiger partial charge in [-0.1, -0.05) is 20.8 Å². The summed E-state index contributed by atoms with van der Waals surface area (Å²) in [7, 11) is 0. The molecule has 0 aliphatic carbocycles. The van der Waals surface area contributed by atoms with E-state index in [1.165, 1.54) is 0 Å². The van der Waals surface area contributed by atoms with Gasteiger partial charge in [0.1, 0.15) is 11.6 Å². The Bertz CT molecular complexity index is 473. The van der Waals surface area contributed by atoms with Crippen molar-refractivity contribution >= 4 is 6.03 Å². The summed E-state index contributed by atoms with van der Waals surface area (Å²) in [6.45, 7) is 5.50. The van der Waals surface area contributed by atoms with E-state index in [2.05, 4.69) is 10.6 Å². The van der Waals surface area contributed by atoms with Gasteiger partial charge in [-0.15, -0.1) is 0 Å². The van der Waals surface area contributed by atoms with Gasteiger partial charge < -0.3 is 15.7 Å². The lowest BCUT2D eigenvalue weighted by Gasteiger charge is -2.25. The fraction of sp³-hybridized carbons (Fsp3) is 0.500. The van der Waals surface area contributed by atoms with Crippen molar-refractivity contribution in [1.29, 1.82) is 0 Å². The van der Waals surface area contributed by atoms with Gasteiger partial charge in [-0.3, -0.25) is 0 Å². The van der Waals surface area contributed by atoms with Crippen molar-refractivity contribution in [2.24, 2.45) is 5.41 Å². The Morgan fingerprint density at radius 3 is 2.55 bits per heavy atom. The summed E-state index contributed by atoms with van der Waals surface area (Å²) in [5, 5.41) is 14.6. The normalized spacial score (nSPS) is 12.9. The number of hydrogen-bond donors (Lipinski definition) is 3. The van der Waals surface area contributed by atoms with Gasteiger partial charge in [0, 0.05) is 18.7 Å². The maximum Gasteiger partial charge on any atom is 0.315 e. The maximum absolute atomic E-state index is 13.3. The second-order valence-electron chi connectivity index (χ2n) is 5.68. The van der Waals surface area contributed by atoms with Crippen LogP contribution in [0.25, 0.3) is 0 Å². The van der Waals surface area contributed by atoms with E-state index in [1.54, 1.807) is 0 Å². The molecule has 112 valence electrons. The summed E-state index contributed by atoms with van der Waals surface area (Å²) in [5.41, 5.74) is -0.279. The molecular formula is C14H20F2N2O2. The fourth-order valence-corrected chi connectivity index (χ4v) is 1.41. The van der Waals surface area contributed by atoms with Crippen LogP contribution in [-0.2, 0) is 6.54 Å². The average molecular weight is 286 g/mol. The third-order valence-corrected chi connectivity index (χ3v) is 2.90. The molecule has 20 heavy (non-hydrogen) atoms. The number of rotatable bonds is 4. The topological polar surface area (TPSA) is 61.4 Å². The van der Waals surface area contributed by atoms with Crippen molar-refractivity contribution < 1.29 is 18.7 Å². The number of aliphatic hydroxyl groups is 1. The Labute approximate surface area is 117 Å². The van der Waals surface area contributed by atoms with Gasteiger partial charge in [-0.05, 0) is 23.6 Å². The van der Waals surface area contributed by atoms with Crippen LogP contribution < -0.4 is 10.6 Å². The van der Waals surface area contributed by atoms with Gasteiger partial charge in [-0.25, -0.2) is 13.6 Å². The minimum absolute atomic E-state index is 0.0662. The van der Waals surface area contributed by atoms with Crippen LogP contribution >= 0.6 is 0 Å². The van der Waals surface area contributed by atoms with E-state index in [-0.39, 0.29) is 24.1 Å². The Kier molecular flexibility index (Phi) is 5.44. The van der Waals surface area contributed by atoms with Crippen LogP contribution in [-0.4, -0.2) is 23.8 Å². The second-order valence-corrected chi connectivity index (χ2v) is 5.68. The van der Waals surface area contributed by atoms with Crippen LogP contribution in [0.3, 0.4) is 0 Å². The lowest BCUT2D eigenvalue weighted by molar-refractivity contribution is 0.0650. The van der Waals surface area contributed by atoms with E-state index in [9.17, 15) is 18.7 Å². The number of halogens is 2. The lowest BCUT2D eigenvalue weighted by Crippen LogP contribution is -2.43. The van der Waals surface area contributed by atoms with E-state index in [1.807, 2.05) is 20.8 Å². The molecule has 0 radical (unpaired) electrons. The highest BCUT2D eigenvalue weighted by Gasteiger charge is 2.22. The molecular weight excluding hydrogens is 266 g/mol. The van der Waals surface area contributed by atoms with Crippen LogP contribution in [0.5, 0.6) is 0 Å². The van der Waals surface area contributed by atoms with Gasteiger partial charge in [0.05, 0.1) is 6.10 Å². The maximum atomic E-state index is 13.3. The molecule has 0 heterocycles. The molecule has 4 nitrogen and oxygen atoms in total. The highest BCUT2D eigenvalue weighted by atomic mass is 19.1. The highest BCUT2D eigenvalue weighted by Crippen LogP contribution is 2.18. The molecule has 0 saturated heterocycles. The van der Waals surface area contributed by atoms with E-state index in [0.717, 1.165) is 18.2 Å². The summed E-state index contributed by atoms with van der Waals surface area (Å²) in [6, 6.07) is 2.50. The fourth-order valence-electron chi connectivity index (χ4n) is 1.41. The van der Waals surface area contributed by atoms with Crippen LogP contribution in [0.4, 0.5) is 13.6 Å². The molecule has 1 aromatic rings. The minimum Gasteiger partial charge on any atom is -0.391 e. The summed E-state index contributed by atoms with van der Waals surface area (Å²) in [6.07, 6.45) is -0.695. The molecule has 3 N–H and O–H groups in total.